The molecule has 5 aromatic rings. The normalized spacial score (nSPS) is 14.2. The quantitative estimate of drug-likeness (QED) is 0.168. The van der Waals surface area contributed by atoms with Crippen LogP contribution in [0, 0.1) is 0 Å². The third kappa shape index (κ3) is 6.17. The van der Waals surface area contributed by atoms with Gasteiger partial charge in [-0.05, 0) is 88.0 Å². The SMILES string of the molecule is NCc1cccc(Oc2ccccc2N(Cc2ccc3c(c2)Cc2ccccc2-3)C(=O)CCC(=O)NC2CCc3ccccc32)c1. The number of fused-ring (bicyclic) bond motifs is 4. The molecular weight excluding hydrogens is 570 g/mol. The summed E-state index contributed by atoms with van der Waals surface area (Å²) in [6, 6.07) is 38.4. The zero-order valence-electron chi connectivity index (χ0n) is 25.7. The molecule has 1 unspecified atom stereocenters. The average molecular weight is 608 g/mol. The van der Waals surface area contributed by atoms with Gasteiger partial charge in [0, 0.05) is 19.4 Å². The van der Waals surface area contributed by atoms with E-state index in [2.05, 4.69) is 59.9 Å². The van der Waals surface area contributed by atoms with Gasteiger partial charge in [0.1, 0.15) is 5.75 Å². The first-order valence-corrected chi connectivity index (χ1v) is 16.0. The van der Waals surface area contributed by atoms with Crippen molar-refractivity contribution in [2.75, 3.05) is 4.90 Å². The van der Waals surface area contributed by atoms with Crippen molar-refractivity contribution < 1.29 is 14.3 Å². The molecule has 6 heteroatoms. The standard InChI is InChI=1S/C40H37N3O3/c41-25-27-8-7-11-32(23-27)46-38-15-6-5-14-37(38)43(26-28-16-18-34-31(22-28)24-30-10-2-3-12-33(30)34)40(45)21-20-39(44)42-36-19-17-29-9-1-4-13-35(29)36/h1-16,18,22-23,36H,17,19-21,24-26,41H2,(H,42,44). The molecule has 0 heterocycles. The fourth-order valence-electron chi connectivity index (χ4n) is 6.75. The Bertz CT molecular complexity index is 1920. The largest absolute Gasteiger partial charge is 0.455 e. The molecule has 3 N–H and O–H groups in total. The van der Waals surface area contributed by atoms with Gasteiger partial charge < -0.3 is 20.7 Å². The summed E-state index contributed by atoms with van der Waals surface area (Å²) in [5.41, 5.74) is 16.0. The molecule has 0 aliphatic heterocycles. The third-order valence-electron chi connectivity index (χ3n) is 9.05. The number of carbonyl (C=O) groups excluding carboxylic acids is 2. The molecule has 0 bridgehead atoms. The molecule has 230 valence electrons. The third-order valence-corrected chi connectivity index (χ3v) is 9.05. The van der Waals surface area contributed by atoms with Gasteiger partial charge in [-0.3, -0.25) is 9.59 Å². The lowest BCUT2D eigenvalue weighted by Gasteiger charge is -2.26. The predicted molar refractivity (Wildman–Crippen MR) is 182 cm³/mol. The lowest BCUT2D eigenvalue weighted by molar-refractivity contribution is -0.125. The number of hydrogen-bond acceptors (Lipinski definition) is 4. The number of benzene rings is 5. The van der Waals surface area contributed by atoms with E-state index in [4.69, 9.17) is 10.5 Å². The van der Waals surface area contributed by atoms with Crippen molar-refractivity contribution in [3.8, 4) is 22.6 Å². The van der Waals surface area contributed by atoms with Crippen LogP contribution in [0.1, 0.15) is 58.7 Å². The molecule has 2 aliphatic rings. The van der Waals surface area contributed by atoms with E-state index in [1.54, 1.807) is 4.90 Å². The van der Waals surface area contributed by atoms with Crippen LogP contribution >= 0.6 is 0 Å². The van der Waals surface area contributed by atoms with Gasteiger partial charge in [0.2, 0.25) is 11.8 Å². The van der Waals surface area contributed by atoms with Gasteiger partial charge in [-0.15, -0.1) is 0 Å². The first-order valence-electron chi connectivity index (χ1n) is 16.0. The van der Waals surface area contributed by atoms with Gasteiger partial charge in [-0.1, -0.05) is 91.0 Å². The van der Waals surface area contributed by atoms with Crippen LogP contribution in [0.15, 0.2) is 115 Å². The number of aryl methyl sites for hydroxylation is 1. The Morgan fingerprint density at radius 3 is 2.43 bits per heavy atom. The van der Waals surface area contributed by atoms with Crippen LogP contribution in [0.2, 0.25) is 0 Å². The Kier molecular flexibility index (Phi) is 8.36. The Morgan fingerprint density at radius 1 is 0.761 bits per heavy atom. The number of amides is 2. The number of nitrogens with two attached hydrogens (primary N) is 1. The zero-order valence-corrected chi connectivity index (χ0v) is 25.7. The van der Waals surface area contributed by atoms with Crippen molar-refractivity contribution in [1.29, 1.82) is 0 Å². The molecule has 0 saturated carbocycles. The average Bonchev–Trinajstić information content (AvgIpc) is 3.67. The van der Waals surface area contributed by atoms with E-state index >= 15 is 0 Å². The summed E-state index contributed by atoms with van der Waals surface area (Å²) >= 11 is 0. The highest BCUT2D eigenvalue weighted by molar-refractivity contribution is 5.97. The molecular formula is C40H37N3O3. The van der Waals surface area contributed by atoms with E-state index in [1.807, 2.05) is 60.7 Å². The van der Waals surface area contributed by atoms with Gasteiger partial charge in [-0.2, -0.15) is 0 Å². The van der Waals surface area contributed by atoms with Crippen molar-refractivity contribution in [2.45, 2.75) is 51.2 Å². The molecule has 7 rings (SSSR count). The van der Waals surface area contributed by atoms with E-state index in [0.717, 1.165) is 30.4 Å². The summed E-state index contributed by atoms with van der Waals surface area (Å²) < 4.78 is 6.36. The molecule has 0 aromatic heterocycles. The van der Waals surface area contributed by atoms with Crippen LogP contribution in [0.25, 0.3) is 11.1 Å². The Hall–Kier alpha value is -5.20. The molecule has 0 radical (unpaired) electrons. The summed E-state index contributed by atoms with van der Waals surface area (Å²) in [6.45, 7) is 0.753. The van der Waals surface area contributed by atoms with Gasteiger partial charge >= 0.3 is 0 Å². The maximum atomic E-state index is 14.1. The smallest absolute Gasteiger partial charge is 0.227 e. The monoisotopic (exact) mass is 607 g/mol. The second kappa shape index (κ2) is 13.0. The van der Waals surface area contributed by atoms with Crippen LogP contribution in [-0.4, -0.2) is 11.8 Å². The number of nitrogens with zero attached hydrogens (tertiary/aromatic N) is 1. The van der Waals surface area contributed by atoms with Crippen LogP contribution in [0.3, 0.4) is 0 Å². The fraction of sp³-hybridized carbons (Fsp3) is 0.200. The van der Waals surface area contributed by atoms with Crippen molar-refractivity contribution >= 4 is 17.5 Å². The van der Waals surface area contributed by atoms with Crippen LogP contribution in [-0.2, 0) is 35.5 Å². The van der Waals surface area contributed by atoms with Crippen LogP contribution < -0.4 is 20.7 Å². The lowest BCUT2D eigenvalue weighted by Crippen LogP contribution is -2.33. The Balaban J connectivity index is 1.13. The van der Waals surface area contributed by atoms with Crippen molar-refractivity contribution in [3.63, 3.8) is 0 Å². The van der Waals surface area contributed by atoms with Crippen molar-refractivity contribution in [2.24, 2.45) is 5.73 Å². The minimum absolute atomic E-state index is 0.0103. The van der Waals surface area contributed by atoms with E-state index in [9.17, 15) is 9.59 Å². The highest BCUT2D eigenvalue weighted by atomic mass is 16.5. The van der Waals surface area contributed by atoms with Gasteiger partial charge in [0.25, 0.3) is 0 Å². The molecule has 2 aliphatic carbocycles. The van der Waals surface area contributed by atoms with Crippen LogP contribution in [0.5, 0.6) is 11.5 Å². The summed E-state index contributed by atoms with van der Waals surface area (Å²) in [7, 11) is 0. The van der Waals surface area contributed by atoms with Gasteiger partial charge in [0.05, 0.1) is 18.3 Å². The summed E-state index contributed by atoms with van der Waals surface area (Å²) in [4.78, 5) is 29.0. The second-order valence-electron chi connectivity index (χ2n) is 12.1. The number of carbonyl (C=O) groups is 2. The summed E-state index contributed by atoms with van der Waals surface area (Å²) in [6.07, 6.45) is 2.88. The zero-order chi connectivity index (χ0) is 31.5. The van der Waals surface area contributed by atoms with E-state index in [1.165, 1.54) is 33.4 Å². The number of para-hydroxylation sites is 2. The molecule has 0 fully saturated rings. The first-order chi connectivity index (χ1) is 22.6. The summed E-state index contributed by atoms with van der Waals surface area (Å²) in [5, 5.41) is 3.17. The maximum absolute atomic E-state index is 14.1. The minimum atomic E-state index is -0.141. The minimum Gasteiger partial charge on any atom is -0.455 e. The number of nitrogens with one attached hydrogen (secondary N) is 1. The number of hydrogen-bond donors (Lipinski definition) is 2. The molecule has 0 spiro atoms. The van der Waals surface area contributed by atoms with Crippen molar-refractivity contribution in [1.82, 2.24) is 5.32 Å². The number of ether oxygens (including phenoxy) is 1. The van der Waals surface area contributed by atoms with Gasteiger partial charge in [0.15, 0.2) is 5.75 Å². The molecule has 0 saturated heterocycles. The number of anilines is 1. The van der Waals surface area contributed by atoms with Crippen LogP contribution in [0.4, 0.5) is 5.69 Å². The molecule has 2 amide bonds. The molecule has 6 nitrogen and oxygen atoms in total. The fourth-order valence-corrected chi connectivity index (χ4v) is 6.75. The topological polar surface area (TPSA) is 84.7 Å². The Morgan fingerprint density at radius 2 is 1.54 bits per heavy atom. The Labute approximate surface area is 269 Å². The maximum Gasteiger partial charge on any atom is 0.227 e. The van der Waals surface area contributed by atoms with Gasteiger partial charge in [-0.25, -0.2) is 0 Å². The molecule has 5 aromatic carbocycles. The number of rotatable bonds is 10. The van der Waals surface area contributed by atoms with E-state index in [-0.39, 0.29) is 30.7 Å². The van der Waals surface area contributed by atoms with E-state index < -0.39 is 0 Å². The van der Waals surface area contributed by atoms with E-state index in [0.29, 0.717) is 30.3 Å². The predicted octanol–water partition coefficient (Wildman–Crippen LogP) is 7.63. The molecule has 1 atom stereocenters. The highest BCUT2D eigenvalue weighted by Crippen LogP contribution is 2.38. The lowest BCUT2D eigenvalue weighted by atomic mass is 10.0. The first kappa shape index (κ1) is 29.5. The highest BCUT2D eigenvalue weighted by Gasteiger charge is 2.26. The second-order valence-corrected chi connectivity index (χ2v) is 12.1. The summed E-state index contributed by atoms with van der Waals surface area (Å²) in [5.74, 6) is 0.950. The molecule has 46 heavy (non-hydrogen) atoms. The van der Waals surface area contributed by atoms with Crippen molar-refractivity contribution in [3.05, 3.63) is 149 Å².